The van der Waals surface area contributed by atoms with Crippen molar-refractivity contribution in [1.29, 1.82) is 0 Å². The quantitative estimate of drug-likeness (QED) is 0.776. The molecule has 2 rings (SSSR count). The minimum atomic E-state index is 0.890. The molecule has 0 saturated carbocycles. The van der Waals surface area contributed by atoms with Gasteiger partial charge < -0.3 is 10.2 Å². The van der Waals surface area contributed by atoms with E-state index < -0.39 is 0 Å². The van der Waals surface area contributed by atoms with Gasteiger partial charge in [0, 0.05) is 43.4 Å². The molecule has 0 atom stereocenters. The van der Waals surface area contributed by atoms with Gasteiger partial charge in [0.05, 0.1) is 0 Å². The largest absolute Gasteiger partial charge is 0.311 e. The van der Waals surface area contributed by atoms with Crippen molar-refractivity contribution < 1.29 is 0 Å². The molecule has 3 nitrogen and oxygen atoms in total. The van der Waals surface area contributed by atoms with Crippen LogP contribution in [0.3, 0.4) is 0 Å². The highest BCUT2D eigenvalue weighted by atomic mass is 32.1. The monoisotopic (exact) mass is 261 g/mol. The Labute approximate surface area is 112 Å². The minimum Gasteiger partial charge on any atom is -0.311 e. The summed E-state index contributed by atoms with van der Waals surface area (Å²) in [6.45, 7) is 3.97. The Morgan fingerprint density at radius 2 is 2.28 bits per heavy atom. The predicted molar refractivity (Wildman–Crippen MR) is 76.6 cm³/mol. The zero-order valence-corrected chi connectivity index (χ0v) is 11.5. The second-order valence-electron chi connectivity index (χ2n) is 4.36. The Balaban J connectivity index is 1.60. The van der Waals surface area contributed by atoms with Gasteiger partial charge in [-0.15, -0.1) is 11.3 Å². The van der Waals surface area contributed by atoms with Crippen molar-refractivity contribution in [3.05, 3.63) is 52.5 Å². The Hall–Kier alpha value is -1.23. The van der Waals surface area contributed by atoms with Gasteiger partial charge in [-0.3, -0.25) is 4.98 Å². The third-order valence-corrected chi connectivity index (χ3v) is 3.59. The predicted octanol–water partition coefficient (Wildman–Crippen LogP) is 2.36. The summed E-state index contributed by atoms with van der Waals surface area (Å²) in [4.78, 5) is 7.86. The highest BCUT2D eigenvalue weighted by Crippen LogP contribution is 2.10. The molecule has 0 unspecified atom stereocenters. The van der Waals surface area contributed by atoms with Gasteiger partial charge in [-0.05, 0) is 30.1 Å². The first-order valence-corrected chi connectivity index (χ1v) is 7.03. The van der Waals surface area contributed by atoms with Crippen LogP contribution in [0.1, 0.15) is 10.4 Å². The number of hydrogen-bond acceptors (Lipinski definition) is 4. The van der Waals surface area contributed by atoms with Crippen LogP contribution in [0, 0.1) is 0 Å². The van der Waals surface area contributed by atoms with E-state index in [2.05, 4.69) is 45.8 Å². The fraction of sp³-hybridized carbons (Fsp3) is 0.357. The number of nitrogens with one attached hydrogen (secondary N) is 1. The average molecular weight is 261 g/mol. The van der Waals surface area contributed by atoms with E-state index >= 15 is 0 Å². The maximum atomic E-state index is 4.10. The second kappa shape index (κ2) is 7.26. The van der Waals surface area contributed by atoms with E-state index in [0.29, 0.717) is 0 Å². The van der Waals surface area contributed by atoms with Gasteiger partial charge in [0.1, 0.15) is 0 Å². The molecular formula is C14H19N3S. The van der Waals surface area contributed by atoms with Gasteiger partial charge in [0.15, 0.2) is 0 Å². The fourth-order valence-electron chi connectivity index (χ4n) is 1.75. The number of thiophene rings is 1. The van der Waals surface area contributed by atoms with Crippen LogP contribution in [-0.2, 0) is 13.1 Å². The van der Waals surface area contributed by atoms with Gasteiger partial charge in [-0.2, -0.15) is 0 Å². The first-order valence-electron chi connectivity index (χ1n) is 6.15. The normalized spacial score (nSPS) is 11.0. The molecule has 18 heavy (non-hydrogen) atoms. The van der Waals surface area contributed by atoms with E-state index in [1.807, 2.05) is 23.6 Å². The van der Waals surface area contributed by atoms with Crippen LogP contribution in [-0.4, -0.2) is 30.0 Å². The molecule has 2 aromatic heterocycles. The Morgan fingerprint density at radius 1 is 1.33 bits per heavy atom. The average Bonchev–Trinajstić information content (AvgIpc) is 2.89. The maximum absolute atomic E-state index is 4.10. The molecule has 4 heteroatoms. The van der Waals surface area contributed by atoms with E-state index in [1.165, 1.54) is 10.4 Å². The van der Waals surface area contributed by atoms with Gasteiger partial charge in [0.2, 0.25) is 0 Å². The van der Waals surface area contributed by atoms with Crippen molar-refractivity contribution in [3.8, 4) is 0 Å². The van der Waals surface area contributed by atoms with Crippen molar-refractivity contribution in [3.63, 3.8) is 0 Å². The number of aromatic nitrogens is 1. The van der Waals surface area contributed by atoms with Crippen molar-refractivity contribution in [2.24, 2.45) is 0 Å². The summed E-state index contributed by atoms with van der Waals surface area (Å²) in [7, 11) is 2.16. The molecule has 0 fully saturated rings. The summed E-state index contributed by atoms with van der Waals surface area (Å²) in [6, 6.07) is 8.36. The lowest BCUT2D eigenvalue weighted by Gasteiger charge is -2.15. The van der Waals surface area contributed by atoms with E-state index in [4.69, 9.17) is 0 Å². The first-order chi connectivity index (χ1) is 8.84. The topological polar surface area (TPSA) is 28.2 Å². The van der Waals surface area contributed by atoms with Gasteiger partial charge >= 0.3 is 0 Å². The molecule has 0 aliphatic rings. The SMILES string of the molecule is CN(CCNCc1cccnc1)Cc1cccs1. The molecule has 2 heterocycles. The highest BCUT2D eigenvalue weighted by molar-refractivity contribution is 7.09. The smallest absolute Gasteiger partial charge is 0.0325 e. The van der Waals surface area contributed by atoms with Crippen molar-refractivity contribution in [2.75, 3.05) is 20.1 Å². The summed E-state index contributed by atoms with van der Waals surface area (Å²) in [6.07, 6.45) is 3.71. The molecule has 96 valence electrons. The minimum absolute atomic E-state index is 0.890. The highest BCUT2D eigenvalue weighted by Gasteiger charge is 2.00. The molecule has 0 aliphatic carbocycles. The molecule has 0 saturated heterocycles. The summed E-state index contributed by atoms with van der Waals surface area (Å²) < 4.78 is 0. The lowest BCUT2D eigenvalue weighted by molar-refractivity contribution is 0.327. The Bertz CT molecular complexity index is 428. The Morgan fingerprint density at radius 3 is 3.00 bits per heavy atom. The van der Waals surface area contributed by atoms with Gasteiger partial charge in [-0.1, -0.05) is 12.1 Å². The zero-order chi connectivity index (χ0) is 12.6. The van der Waals surface area contributed by atoms with Gasteiger partial charge in [0.25, 0.3) is 0 Å². The second-order valence-corrected chi connectivity index (χ2v) is 5.39. The van der Waals surface area contributed by atoms with Gasteiger partial charge in [-0.25, -0.2) is 0 Å². The summed E-state index contributed by atoms with van der Waals surface area (Å²) in [5, 5.41) is 5.56. The van der Waals surface area contributed by atoms with E-state index in [1.54, 1.807) is 6.20 Å². The zero-order valence-electron chi connectivity index (χ0n) is 10.7. The molecule has 0 amide bonds. The standard InChI is InChI=1S/C14H19N3S/c1-17(12-14-5-3-9-18-14)8-7-16-11-13-4-2-6-15-10-13/h2-6,9-10,16H,7-8,11-12H2,1H3. The van der Waals surface area contributed by atoms with Crippen LogP contribution in [0.25, 0.3) is 0 Å². The van der Waals surface area contributed by atoms with E-state index in [0.717, 1.165) is 26.2 Å². The number of rotatable bonds is 7. The van der Waals surface area contributed by atoms with Crippen molar-refractivity contribution in [2.45, 2.75) is 13.1 Å². The van der Waals surface area contributed by atoms with E-state index in [9.17, 15) is 0 Å². The fourth-order valence-corrected chi connectivity index (χ4v) is 2.54. The van der Waals surface area contributed by atoms with Crippen LogP contribution in [0.5, 0.6) is 0 Å². The lowest BCUT2D eigenvalue weighted by atomic mass is 10.3. The van der Waals surface area contributed by atoms with E-state index in [-0.39, 0.29) is 0 Å². The summed E-state index contributed by atoms with van der Waals surface area (Å²) >= 11 is 1.82. The molecule has 2 aromatic rings. The molecule has 0 radical (unpaired) electrons. The molecule has 0 spiro atoms. The van der Waals surface area contributed by atoms with Crippen LogP contribution in [0.4, 0.5) is 0 Å². The molecule has 0 bridgehead atoms. The molecular weight excluding hydrogens is 242 g/mol. The van der Waals surface area contributed by atoms with Crippen LogP contribution < -0.4 is 5.32 Å². The summed E-state index contributed by atoms with van der Waals surface area (Å²) in [5.74, 6) is 0. The summed E-state index contributed by atoms with van der Waals surface area (Å²) in [5.41, 5.74) is 1.23. The number of nitrogens with zero attached hydrogens (tertiary/aromatic N) is 2. The molecule has 0 aromatic carbocycles. The lowest BCUT2D eigenvalue weighted by Crippen LogP contribution is -2.28. The Kier molecular flexibility index (Phi) is 5.33. The van der Waals surface area contributed by atoms with Crippen LogP contribution in [0.2, 0.25) is 0 Å². The maximum Gasteiger partial charge on any atom is 0.0325 e. The number of hydrogen-bond donors (Lipinski definition) is 1. The molecule has 0 aliphatic heterocycles. The third-order valence-electron chi connectivity index (χ3n) is 2.73. The first kappa shape index (κ1) is 13.2. The van der Waals surface area contributed by atoms with Crippen molar-refractivity contribution in [1.82, 2.24) is 15.2 Å². The van der Waals surface area contributed by atoms with Crippen molar-refractivity contribution >= 4 is 11.3 Å². The number of likely N-dealkylation sites (N-methyl/N-ethyl adjacent to an activating group) is 1. The number of pyridine rings is 1. The molecule has 1 N–H and O–H groups in total. The van der Waals surface area contributed by atoms with Crippen LogP contribution in [0.15, 0.2) is 42.0 Å². The third kappa shape index (κ3) is 4.56. The van der Waals surface area contributed by atoms with Crippen LogP contribution >= 0.6 is 11.3 Å².